The molecule has 2 aromatic rings. The molecule has 2 unspecified atom stereocenters. The number of fused-ring (bicyclic) bond motifs is 1. The van der Waals surface area contributed by atoms with Gasteiger partial charge in [0, 0.05) is 10.5 Å². The number of benzene rings is 2. The van der Waals surface area contributed by atoms with Gasteiger partial charge in [-0.1, -0.05) is 28.1 Å². The lowest BCUT2D eigenvalue weighted by Gasteiger charge is -2.33. The topological polar surface area (TPSA) is 21.3 Å². The summed E-state index contributed by atoms with van der Waals surface area (Å²) in [6.07, 6.45) is -0.133. The van der Waals surface area contributed by atoms with Crippen LogP contribution in [0.1, 0.15) is 18.6 Å². The molecule has 0 aromatic heterocycles. The van der Waals surface area contributed by atoms with Gasteiger partial charge in [0.25, 0.3) is 0 Å². The van der Waals surface area contributed by atoms with Gasteiger partial charge in [-0.05, 0) is 36.8 Å². The van der Waals surface area contributed by atoms with E-state index in [9.17, 15) is 4.39 Å². The third-order valence-corrected chi connectivity index (χ3v) is 3.71. The second-order valence-corrected chi connectivity index (χ2v) is 5.58. The molecule has 0 saturated heterocycles. The molecular weight excluding hydrogens is 309 g/mol. The van der Waals surface area contributed by atoms with Crippen LogP contribution in [0.4, 0.5) is 10.1 Å². The summed E-state index contributed by atoms with van der Waals surface area (Å²) in [7, 11) is 0. The lowest BCUT2D eigenvalue weighted by atomic mass is 10.0. The Morgan fingerprint density at radius 3 is 2.84 bits per heavy atom. The Morgan fingerprint density at radius 2 is 2.05 bits per heavy atom. The summed E-state index contributed by atoms with van der Waals surface area (Å²) in [5, 5.41) is 3.35. The number of rotatable bonds is 1. The van der Waals surface area contributed by atoms with Crippen LogP contribution in [0.2, 0.25) is 0 Å². The minimum atomic E-state index is -0.289. The molecule has 19 heavy (non-hydrogen) atoms. The minimum absolute atomic E-state index is 0.118. The average Bonchev–Trinajstić information content (AvgIpc) is 2.38. The predicted octanol–water partition coefficient (Wildman–Crippen LogP) is 4.52. The largest absolute Gasteiger partial charge is 0.481 e. The first-order valence-electron chi connectivity index (χ1n) is 6.12. The van der Waals surface area contributed by atoms with E-state index < -0.39 is 0 Å². The number of anilines is 1. The van der Waals surface area contributed by atoms with Gasteiger partial charge in [0.05, 0.1) is 11.7 Å². The fourth-order valence-corrected chi connectivity index (χ4v) is 2.73. The first kappa shape index (κ1) is 12.5. The van der Waals surface area contributed by atoms with E-state index in [-0.39, 0.29) is 18.0 Å². The van der Waals surface area contributed by atoms with Crippen LogP contribution in [0.25, 0.3) is 0 Å². The van der Waals surface area contributed by atoms with Gasteiger partial charge in [-0.2, -0.15) is 0 Å². The Balaban J connectivity index is 1.97. The lowest BCUT2D eigenvalue weighted by Crippen LogP contribution is -2.32. The highest BCUT2D eigenvalue weighted by atomic mass is 79.9. The first-order valence-corrected chi connectivity index (χ1v) is 6.91. The molecule has 0 spiro atoms. The van der Waals surface area contributed by atoms with Gasteiger partial charge in [0.1, 0.15) is 17.7 Å². The zero-order chi connectivity index (χ0) is 13.4. The molecule has 0 saturated carbocycles. The highest BCUT2D eigenvalue weighted by Gasteiger charge is 2.27. The van der Waals surface area contributed by atoms with Crippen molar-refractivity contribution in [1.82, 2.24) is 0 Å². The smallest absolute Gasteiger partial charge is 0.146 e. The van der Waals surface area contributed by atoms with Crippen molar-refractivity contribution in [1.29, 1.82) is 0 Å². The molecule has 2 nitrogen and oxygen atoms in total. The molecule has 0 bridgehead atoms. The van der Waals surface area contributed by atoms with Crippen LogP contribution in [0.15, 0.2) is 46.9 Å². The SMILES string of the molecule is CC1Nc2ccc(F)cc2OC1c1cccc(Br)c1. The van der Waals surface area contributed by atoms with E-state index in [0.717, 1.165) is 15.7 Å². The van der Waals surface area contributed by atoms with Gasteiger partial charge >= 0.3 is 0 Å². The van der Waals surface area contributed by atoms with Crippen LogP contribution in [-0.2, 0) is 0 Å². The normalized spacial score (nSPS) is 21.2. The van der Waals surface area contributed by atoms with Gasteiger partial charge in [0.15, 0.2) is 0 Å². The van der Waals surface area contributed by atoms with Crippen molar-refractivity contribution in [2.24, 2.45) is 0 Å². The maximum atomic E-state index is 13.3. The number of halogens is 2. The average molecular weight is 322 g/mol. The quantitative estimate of drug-likeness (QED) is 0.833. The maximum absolute atomic E-state index is 13.3. The molecule has 1 N–H and O–H groups in total. The van der Waals surface area contributed by atoms with Gasteiger partial charge in [0.2, 0.25) is 0 Å². The molecule has 2 atom stereocenters. The molecule has 2 aromatic carbocycles. The molecule has 3 rings (SSSR count). The third kappa shape index (κ3) is 2.45. The van der Waals surface area contributed by atoms with Crippen molar-refractivity contribution < 1.29 is 9.13 Å². The molecule has 0 fully saturated rings. The zero-order valence-corrected chi connectivity index (χ0v) is 11.9. The summed E-state index contributed by atoms with van der Waals surface area (Å²) in [6.45, 7) is 2.05. The second-order valence-electron chi connectivity index (χ2n) is 4.67. The fraction of sp³-hybridized carbons (Fsp3) is 0.200. The van der Waals surface area contributed by atoms with E-state index in [0.29, 0.717) is 5.75 Å². The van der Waals surface area contributed by atoms with Crippen LogP contribution < -0.4 is 10.1 Å². The van der Waals surface area contributed by atoms with Crippen molar-refractivity contribution in [3.63, 3.8) is 0 Å². The zero-order valence-electron chi connectivity index (χ0n) is 10.4. The fourth-order valence-electron chi connectivity index (χ4n) is 2.31. The van der Waals surface area contributed by atoms with E-state index >= 15 is 0 Å². The monoisotopic (exact) mass is 321 g/mol. The molecule has 1 heterocycles. The van der Waals surface area contributed by atoms with Gasteiger partial charge < -0.3 is 10.1 Å². The van der Waals surface area contributed by atoms with E-state index in [2.05, 4.69) is 28.2 Å². The van der Waals surface area contributed by atoms with Gasteiger partial charge in [-0.25, -0.2) is 4.39 Å². The third-order valence-electron chi connectivity index (χ3n) is 3.21. The first-order chi connectivity index (χ1) is 9.13. The van der Waals surface area contributed by atoms with Gasteiger partial charge in [-0.15, -0.1) is 0 Å². The summed E-state index contributed by atoms with van der Waals surface area (Å²) in [5.41, 5.74) is 1.89. The number of hydrogen-bond acceptors (Lipinski definition) is 2. The summed E-state index contributed by atoms with van der Waals surface area (Å²) >= 11 is 3.46. The van der Waals surface area contributed by atoms with E-state index in [1.165, 1.54) is 12.1 Å². The van der Waals surface area contributed by atoms with Crippen molar-refractivity contribution in [3.8, 4) is 5.75 Å². The van der Waals surface area contributed by atoms with Crippen LogP contribution >= 0.6 is 15.9 Å². The lowest BCUT2D eigenvalue weighted by molar-refractivity contribution is 0.177. The van der Waals surface area contributed by atoms with Crippen molar-refractivity contribution >= 4 is 21.6 Å². The number of hydrogen-bond donors (Lipinski definition) is 1. The summed E-state index contributed by atoms with van der Waals surface area (Å²) in [6, 6.07) is 12.6. The molecule has 1 aliphatic rings. The highest BCUT2D eigenvalue weighted by molar-refractivity contribution is 9.10. The van der Waals surface area contributed by atoms with E-state index in [4.69, 9.17) is 4.74 Å². The minimum Gasteiger partial charge on any atom is -0.481 e. The van der Waals surface area contributed by atoms with Crippen molar-refractivity contribution in [2.45, 2.75) is 19.1 Å². The van der Waals surface area contributed by atoms with Crippen molar-refractivity contribution in [2.75, 3.05) is 5.32 Å². The van der Waals surface area contributed by atoms with Gasteiger partial charge in [-0.3, -0.25) is 0 Å². The molecule has 98 valence electrons. The van der Waals surface area contributed by atoms with Crippen LogP contribution in [-0.4, -0.2) is 6.04 Å². The van der Waals surface area contributed by atoms with Crippen LogP contribution in [0, 0.1) is 5.82 Å². The Morgan fingerprint density at radius 1 is 1.21 bits per heavy atom. The summed E-state index contributed by atoms with van der Waals surface area (Å²) in [4.78, 5) is 0. The van der Waals surface area contributed by atoms with Crippen molar-refractivity contribution in [3.05, 3.63) is 58.3 Å². The second kappa shape index (κ2) is 4.85. The summed E-state index contributed by atoms with van der Waals surface area (Å²) < 4.78 is 20.2. The number of ether oxygens (including phenoxy) is 1. The van der Waals surface area contributed by atoms with Crippen LogP contribution in [0.3, 0.4) is 0 Å². The summed E-state index contributed by atoms with van der Waals surface area (Å²) in [5.74, 6) is 0.270. The molecule has 0 amide bonds. The Bertz CT molecular complexity index is 617. The molecule has 0 radical (unpaired) electrons. The van der Waals surface area contributed by atoms with Crippen LogP contribution in [0.5, 0.6) is 5.75 Å². The Hall–Kier alpha value is -1.55. The standard InChI is InChI=1S/C15H13BrFNO/c1-9-15(10-3-2-4-11(16)7-10)19-14-8-12(17)5-6-13(14)18-9/h2-9,15,18H,1H3. The predicted molar refractivity (Wildman–Crippen MR) is 77.0 cm³/mol. The molecule has 0 aliphatic carbocycles. The van der Waals surface area contributed by atoms with E-state index in [1.807, 2.05) is 24.3 Å². The maximum Gasteiger partial charge on any atom is 0.146 e. The molecule has 4 heteroatoms. The molecular formula is C15H13BrFNO. The Kier molecular flexibility index (Phi) is 3.19. The highest BCUT2D eigenvalue weighted by Crippen LogP contribution is 2.38. The van der Waals surface area contributed by atoms with E-state index in [1.54, 1.807) is 6.07 Å². The number of nitrogens with one attached hydrogen (secondary N) is 1. The molecule has 1 aliphatic heterocycles. The Labute approximate surface area is 119 Å².